The Morgan fingerprint density at radius 3 is 2.48 bits per heavy atom. The fraction of sp³-hybridized carbons (Fsp3) is 0.111. The Bertz CT molecular complexity index is 855. The summed E-state index contributed by atoms with van der Waals surface area (Å²) in [5.74, 6) is 1.07. The average molecular weight is 374 g/mol. The molecule has 0 spiro atoms. The van der Waals surface area contributed by atoms with Crippen LogP contribution in [0.1, 0.15) is 5.56 Å². The number of nitrogens with one attached hydrogen (secondary N) is 2. The summed E-state index contributed by atoms with van der Waals surface area (Å²) >= 11 is 12.1. The molecule has 7 heteroatoms. The van der Waals surface area contributed by atoms with Crippen LogP contribution in [-0.4, -0.2) is 16.5 Å². The van der Waals surface area contributed by atoms with Crippen molar-refractivity contribution < 1.29 is 0 Å². The van der Waals surface area contributed by atoms with E-state index in [0.29, 0.717) is 39.6 Å². The highest BCUT2D eigenvalue weighted by Gasteiger charge is 2.10. The zero-order valence-corrected chi connectivity index (χ0v) is 14.8. The molecule has 0 fully saturated rings. The number of nitrogen functional groups attached to an aromatic ring is 1. The fourth-order valence-electron chi connectivity index (χ4n) is 2.32. The monoisotopic (exact) mass is 373 g/mol. The van der Waals surface area contributed by atoms with Crippen LogP contribution in [0.2, 0.25) is 10.0 Å². The Hall–Kier alpha value is -2.50. The van der Waals surface area contributed by atoms with Gasteiger partial charge in [0.2, 0.25) is 0 Å². The zero-order chi connectivity index (χ0) is 17.6. The summed E-state index contributed by atoms with van der Waals surface area (Å²) < 4.78 is 0. The third-order valence-corrected chi connectivity index (χ3v) is 4.16. The molecular weight excluding hydrogens is 357 g/mol. The second-order valence-corrected chi connectivity index (χ2v) is 6.24. The van der Waals surface area contributed by atoms with Crippen LogP contribution < -0.4 is 16.4 Å². The predicted molar refractivity (Wildman–Crippen MR) is 105 cm³/mol. The van der Waals surface area contributed by atoms with Crippen LogP contribution in [0.3, 0.4) is 0 Å². The van der Waals surface area contributed by atoms with Gasteiger partial charge in [-0.15, -0.1) is 0 Å². The molecule has 0 saturated heterocycles. The van der Waals surface area contributed by atoms with E-state index < -0.39 is 0 Å². The van der Waals surface area contributed by atoms with Crippen LogP contribution in [0.15, 0.2) is 54.9 Å². The number of nitrogens with zero attached hydrogens (tertiary/aromatic N) is 2. The van der Waals surface area contributed by atoms with Crippen molar-refractivity contribution in [1.29, 1.82) is 0 Å². The van der Waals surface area contributed by atoms with Crippen molar-refractivity contribution in [2.24, 2.45) is 0 Å². The maximum atomic E-state index is 6.18. The van der Waals surface area contributed by atoms with Gasteiger partial charge >= 0.3 is 0 Å². The lowest BCUT2D eigenvalue weighted by Gasteiger charge is -2.13. The van der Waals surface area contributed by atoms with E-state index in [9.17, 15) is 0 Å². The summed E-state index contributed by atoms with van der Waals surface area (Å²) in [7, 11) is 0. The fourth-order valence-corrected chi connectivity index (χ4v) is 2.78. The minimum Gasteiger partial charge on any atom is -0.393 e. The molecule has 3 rings (SSSR count). The Balaban J connectivity index is 1.69. The molecule has 4 N–H and O–H groups in total. The van der Waals surface area contributed by atoms with E-state index >= 15 is 0 Å². The molecule has 0 unspecified atom stereocenters. The number of anilines is 4. The highest BCUT2D eigenvalue weighted by Crippen LogP contribution is 2.31. The van der Waals surface area contributed by atoms with Gasteiger partial charge in [0.15, 0.2) is 11.6 Å². The third-order valence-electron chi connectivity index (χ3n) is 3.62. The van der Waals surface area contributed by atoms with Gasteiger partial charge in [0.25, 0.3) is 0 Å². The van der Waals surface area contributed by atoms with Crippen molar-refractivity contribution >= 4 is 46.2 Å². The lowest BCUT2D eigenvalue weighted by molar-refractivity contribution is 1.00. The van der Waals surface area contributed by atoms with Crippen molar-refractivity contribution in [3.05, 3.63) is 70.5 Å². The molecule has 0 saturated carbocycles. The molecular formula is C18H17Cl2N5. The minimum atomic E-state index is 0.432. The number of hydrogen-bond donors (Lipinski definition) is 3. The van der Waals surface area contributed by atoms with Crippen molar-refractivity contribution in [1.82, 2.24) is 9.97 Å². The van der Waals surface area contributed by atoms with Gasteiger partial charge in [0.1, 0.15) is 12.0 Å². The molecule has 0 aliphatic rings. The molecule has 0 amide bonds. The quantitative estimate of drug-likeness (QED) is 0.580. The Labute approximate surface area is 156 Å². The molecule has 3 aromatic rings. The number of benzene rings is 2. The van der Waals surface area contributed by atoms with E-state index in [2.05, 4.69) is 32.7 Å². The predicted octanol–water partition coefficient (Wildman–Crippen LogP) is 4.76. The SMILES string of the molecule is Nc1c(NCCc2ccccc2)ncnc1Nc1ccc(Cl)cc1Cl. The standard InChI is InChI=1S/C18H17Cl2N5/c19-13-6-7-15(14(20)10-13)25-18-16(21)17(23-11-24-18)22-9-8-12-4-2-1-3-5-12/h1-7,10-11H,8-9,21H2,(H2,22,23,24,25). The summed E-state index contributed by atoms with van der Waals surface area (Å²) in [5, 5.41) is 7.40. The second-order valence-electron chi connectivity index (χ2n) is 5.40. The zero-order valence-electron chi connectivity index (χ0n) is 13.3. The van der Waals surface area contributed by atoms with E-state index in [1.807, 2.05) is 18.2 Å². The van der Waals surface area contributed by atoms with Crippen molar-refractivity contribution in [3.8, 4) is 0 Å². The van der Waals surface area contributed by atoms with E-state index in [-0.39, 0.29) is 0 Å². The van der Waals surface area contributed by atoms with Gasteiger partial charge in [-0.3, -0.25) is 0 Å². The Kier molecular flexibility index (Phi) is 5.58. The molecule has 0 bridgehead atoms. The van der Waals surface area contributed by atoms with Crippen LogP contribution in [0.25, 0.3) is 0 Å². The van der Waals surface area contributed by atoms with Crippen LogP contribution >= 0.6 is 23.2 Å². The molecule has 25 heavy (non-hydrogen) atoms. The first kappa shape index (κ1) is 17.3. The van der Waals surface area contributed by atoms with Crippen molar-refractivity contribution in [3.63, 3.8) is 0 Å². The van der Waals surface area contributed by atoms with Gasteiger partial charge in [-0.2, -0.15) is 0 Å². The van der Waals surface area contributed by atoms with E-state index in [0.717, 1.165) is 6.42 Å². The smallest absolute Gasteiger partial charge is 0.159 e. The molecule has 5 nitrogen and oxygen atoms in total. The molecule has 0 atom stereocenters. The summed E-state index contributed by atoms with van der Waals surface area (Å²) in [6, 6.07) is 15.4. The van der Waals surface area contributed by atoms with Crippen LogP contribution in [0.5, 0.6) is 0 Å². The van der Waals surface area contributed by atoms with Gasteiger partial charge in [0, 0.05) is 11.6 Å². The maximum Gasteiger partial charge on any atom is 0.159 e. The summed E-state index contributed by atoms with van der Waals surface area (Å²) in [6.07, 6.45) is 2.32. The Morgan fingerprint density at radius 1 is 0.960 bits per heavy atom. The molecule has 0 aliphatic heterocycles. The molecule has 128 valence electrons. The van der Waals surface area contributed by atoms with E-state index in [1.54, 1.807) is 18.2 Å². The summed E-state index contributed by atoms with van der Waals surface area (Å²) in [5.41, 5.74) is 8.52. The molecule has 1 aromatic heterocycles. The first-order valence-corrected chi connectivity index (χ1v) is 8.49. The largest absolute Gasteiger partial charge is 0.393 e. The van der Waals surface area contributed by atoms with Gasteiger partial charge in [-0.05, 0) is 30.2 Å². The van der Waals surface area contributed by atoms with E-state index in [4.69, 9.17) is 28.9 Å². The number of nitrogens with two attached hydrogens (primary N) is 1. The van der Waals surface area contributed by atoms with Crippen molar-refractivity contribution in [2.75, 3.05) is 22.9 Å². The van der Waals surface area contributed by atoms with E-state index in [1.165, 1.54) is 11.9 Å². The van der Waals surface area contributed by atoms with Gasteiger partial charge in [-0.25, -0.2) is 9.97 Å². The van der Waals surface area contributed by atoms with Crippen LogP contribution in [0.4, 0.5) is 23.0 Å². The first-order chi connectivity index (χ1) is 12.1. The maximum absolute atomic E-state index is 6.18. The second kappa shape index (κ2) is 8.05. The van der Waals surface area contributed by atoms with Gasteiger partial charge < -0.3 is 16.4 Å². The Morgan fingerprint density at radius 2 is 1.72 bits per heavy atom. The topological polar surface area (TPSA) is 75.9 Å². The van der Waals surface area contributed by atoms with Gasteiger partial charge in [0.05, 0.1) is 10.7 Å². The summed E-state index contributed by atoms with van der Waals surface area (Å²) in [4.78, 5) is 8.39. The number of aromatic nitrogens is 2. The van der Waals surface area contributed by atoms with Crippen LogP contribution in [0, 0.1) is 0 Å². The molecule has 2 aromatic carbocycles. The van der Waals surface area contributed by atoms with Crippen LogP contribution in [-0.2, 0) is 6.42 Å². The highest BCUT2D eigenvalue weighted by atomic mass is 35.5. The summed E-state index contributed by atoms with van der Waals surface area (Å²) in [6.45, 7) is 0.715. The molecule has 0 aliphatic carbocycles. The lowest BCUT2D eigenvalue weighted by Crippen LogP contribution is -2.10. The first-order valence-electron chi connectivity index (χ1n) is 7.74. The highest BCUT2D eigenvalue weighted by molar-refractivity contribution is 6.36. The minimum absolute atomic E-state index is 0.432. The number of rotatable bonds is 6. The normalized spacial score (nSPS) is 10.5. The molecule has 1 heterocycles. The number of halogens is 2. The third kappa shape index (κ3) is 4.53. The van der Waals surface area contributed by atoms with Crippen molar-refractivity contribution in [2.45, 2.75) is 6.42 Å². The number of hydrogen-bond acceptors (Lipinski definition) is 5. The van der Waals surface area contributed by atoms with Gasteiger partial charge in [-0.1, -0.05) is 53.5 Å². The molecule has 0 radical (unpaired) electrons. The lowest BCUT2D eigenvalue weighted by atomic mass is 10.1. The average Bonchev–Trinajstić information content (AvgIpc) is 2.61.